The molecule has 4 aromatic rings. The van der Waals surface area contributed by atoms with Gasteiger partial charge >= 0.3 is 23.0 Å². The summed E-state index contributed by atoms with van der Waals surface area (Å²) in [5.74, 6) is -1.29. The van der Waals surface area contributed by atoms with Gasteiger partial charge in [0.05, 0.1) is 35.8 Å². The summed E-state index contributed by atoms with van der Waals surface area (Å²) in [5.41, 5.74) is -4.00. The van der Waals surface area contributed by atoms with E-state index >= 15 is 0 Å². The summed E-state index contributed by atoms with van der Waals surface area (Å²) in [4.78, 5) is 47.3. The van der Waals surface area contributed by atoms with Gasteiger partial charge in [0.15, 0.2) is 0 Å². The summed E-state index contributed by atoms with van der Waals surface area (Å²) in [7, 11) is 5.03. The van der Waals surface area contributed by atoms with E-state index in [0.29, 0.717) is 22.7 Å². The number of ether oxygens (including phenoxy) is 2. The first-order valence-electron chi connectivity index (χ1n) is 13.3. The largest absolute Gasteiger partial charge is 0.710 e. The topological polar surface area (TPSA) is 250 Å². The Kier molecular flexibility index (Phi) is 12.7. The quantitative estimate of drug-likeness (QED) is 0.111. The molecule has 0 aliphatic heterocycles. The average molecular weight is 701 g/mol. The van der Waals surface area contributed by atoms with E-state index < -0.39 is 45.6 Å². The second-order valence-corrected chi connectivity index (χ2v) is 9.07. The minimum atomic E-state index is -0.833. The molecule has 0 aromatic carbocycles. The Morgan fingerprint density at radius 3 is 1.32 bits per heavy atom. The van der Waals surface area contributed by atoms with Gasteiger partial charge in [-0.2, -0.15) is 0 Å². The van der Waals surface area contributed by atoms with Crippen LogP contribution in [0.4, 0.5) is 23.0 Å². The third-order valence-electron chi connectivity index (χ3n) is 6.11. The summed E-state index contributed by atoms with van der Waals surface area (Å²) >= 11 is 0. The van der Waals surface area contributed by atoms with Crippen LogP contribution in [0, 0.1) is 10.4 Å². The molecule has 0 fully saturated rings. The molecule has 47 heavy (non-hydrogen) atoms. The summed E-state index contributed by atoms with van der Waals surface area (Å²) in [5, 5.41) is 57.9. The second kappa shape index (κ2) is 15.9. The fourth-order valence-electron chi connectivity index (χ4n) is 3.65. The molecular formula is C26H30N10NiO10. The Morgan fingerprint density at radius 2 is 1.00 bits per heavy atom. The molecule has 4 aromatic heterocycles. The van der Waals surface area contributed by atoms with Crippen molar-refractivity contribution >= 4 is 23.0 Å². The van der Waals surface area contributed by atoms with Crippen LogP contribution in [-0.2, 0) is 44.7 Å². The van der Waals surface area contributed by atoms with E-state index in [1.165, 1.54) is 64.8 Å². The Labute approximate surface area is 274 Å². The third kappa shape index (κ3) is 7.87. The molecule has 0 saturated carbocycles. The number of rotatable bonds is 8. The van der Waals surface area contributed by atoms with Crippen molar-refractivity contribution in [2.45, 2.75) is 13.8 Å². The maximum Gasteiger partial charge on any atom is 0.395 e. The van der Waals surface area contributed by atoms with E-state index in [9.17, 15) is 39.8 Å². The number of hydrogen-bond acceptors (Lipinski definition) is 14. The summed E-state index contributed by atoms with van der Waals surface area (Å²) in [6.45, 7) is 4.08. The number of pyridine rings is 2. The maximum atomic E-state index is 12.0. The van der Waals surface area contributed by atoms with Gasteiger partial charge in [-0.3, -0.25) is 27.9 Å². The smallest absolute Gasteiger partial charge is 0.395 e. The van der Waals surface area contributed by atoms with Gasteiger partial charge in [-0.15, -0.1) is 0 Å². The van der Waals surface area contributed by atoms with E-state index in [0.717, 1.165) is 18.3 Å². The van der Waals surface area contributed by atoms with Crippen LogP contribution in [0.15, 0.2) is 76.3 Å². The van der Waals surface area contributed by atoms with Crippen LogP contribution >= 0.6 is 0 Å². The third-order valence-corrected chi connectivity index (χ3v) is 6.11. The summed E-state index contributed by atoms with van der Waals surface area (Å²) < 4.78 is 14.6. The van der Waals surface area contributed by atoms with E-state index in [4.69, 9.17) is 9.47 Å². The molecule has 0 saturated heterocycles. The van der Waals surface area contributed by atoms with Crippen LogP contribution in [0.1, 0.15) is 13.8 Å². The fourth-order valence-corrected chi connectivity index (χ4v) is 3.65. The minimum Gasteiger partial charge on any atom is -0.710 e. The van der Waals surface area contributed by atoms with E-state index in [1.807, 2.05) is 0 Å². The van der Waals surface area contributed by atoms with Gasteiger partial charge in [0.1, 0.15) is 0 Å². The first-order chi connectivity index (χ1) is 21.8. The van der Waals surface area contributed by atoms with Crippen molar-refractivity contribution in [1.29, 1.82) is 0 Å². The zero-order chi connectivity index (χ0) is 34.3. The van der Waals surface area contributed by atoms with Gasteiger partial charge in [-0.25, -0.2) is 19.0 Å². The van der Waals surface area contributed by atoms with Gasteiger partial charge in [0.2, 0.25) is 34.6 Å². The summed E-state index contributed by atoms with van der Waals surface area (Å²) in [6, 6.07) is 5.98. The normalized spacial score (nSPS) is 10.9. The van der Waals surface area contributed by atoms with Crippen LogP contribution in [-0.4, -0.2) is 41.7 Å². The van der Waals surface area contributed by atoms with Crippen LogP contribution in [0.3, 0.4) is 0 Å². The van der Waals surface area contributed by atoms with Crippen molar-refractivity contribution in [3.63, 3.8) is 0 Å². The van der Waals surface area contributed by atoms with E-state index in [-0.39, 0.29) is 39.6 Å². The first kappa shape index (κ1) is 37.3. The van der Waals surface area contributed by atoms with Crippen molar-refractivity contribution in [2.24, 2.45) is 48.6 Å². The Hall–Kier alpha value is -5.85. The molecule has 0 aliphatic carbocycles. The molecule has 0 unspecified atom stereocenters. The number of hydrogen-bond donors (Lipinski definition) is 2. The number of nitrogens with zero attached hydrogens (tertiary/aromatic N) is 10. The van der Waals surface area contributed by atoms with Crippen molar-refractivity contribution < 1.29 is 45.6 Å². The molecule has 4 rings (SSSR count). The molecule has 20 nitrogen and oxygen atoms in total. The second-order valence-electron chi connectivity index (χ2n) is 9.07. The number of aromatic nitrogens is 6. The van der Waals surface area contributed by atoms with Crippen molar-refractivity contribution in [3.05, 3.63) is 88.7 Å². The zero-order valence-corrected chi connectivity index (χ0v) is 26.8. The van der Waals surface area contributed by atoms with E-state index in [1.54, 1.807) is 13.8 Å². The molecule has 0 bridgehead atoms. The molecule has 0 radical (unpaired) electrons. The number of aromatic hydroxyl groups is 2. The average Bonchev–Trinajstić information content (AvgIpc) is 3.03. The van der Waals surface area contributed by atoms with Crippen LogP contribution in [0.2, 0.25) is 0 Å². The Balaban J connectivity index is 0.000000320. The maximum absolute atomic E-state index is 12.0. The molecule has 2 N–H and O–H groups in total. The standard InChI is InChI=1S/2C13H15N5O5.Ni/c2*1-4-23-8-6-5-7-18(22)10(8)15-14-9-11(19)16(2)13(21)17(3)12(9)20;/h2*5-7,19H,4H2,1-3H3;. The molecule has 254 valence electrons. The minimum absolute atomic E-state index is 0. The molecule has 0 spiro atoms. The predicted octanol–water partition coefficient (Wildman–Crippen LogP) is 0.472. The molecule has 0 aliphatic rings. The molecule has 21 heteroatoms. The van der Waals surface area contributed by atoms with Crippen LogP contribution < -0.4 is 41.4 Å². The fraction of sp³-hybridized carbons (Fsp3) is 0.308. The number of azo groups is 2. The molecule has 0 atom stereocenters. The van der Waals surface area contributed by atoms with Crippen LogP contribution in [0.25, 0.3) is 0 Å². The van der Waals surface area contributed by atoms with Crippen molar-refractivity contribution in [1.82, 2.24) is 18.3 Å². The van der Waals surface area contributed by atoms with Gasteiger partial charge in [0, 0.05) is 44.7 Å². The van der Waals surface area contributed by atoms with Gasteiger partial charge in [-0.05, 0) is 48.3 Å². The van der Waals surface area contributed by atoms with Gasteiger partial charge < -0.3 is 30.1 Å². The van der Waals surface area contributed by atoms with E-state index in [2.05, 4.69) is 20.5 Å². The van der Waals surface area contributed by atoms with Crippen molar-refractivity contribution in [2.75, 3.05) is 13.2 Å². The Morgan fingerprint density at radius 1 is 0.660 bits per heavy atom. The van der Waals surface area contributed by atoms with Gasteiger partial charge in [0.25, 0.3) is 11.1 Å². The predicted molar refractivity (Wildman–Crippen MR) is 159 cm³/mol. The first-order valence-corrected chi connectivity index (χ1v) is 13.3. The summed E-state index contributed by atoms with van der Waals surface area (Å²) in [6.07, 6.45) is 2.38. The molecule has 4 heterocycles. The van der Waals surface area contributed by atoms with Gasteiger partial charge in [-0.1, -0.05) is 0 Å². The monoisotopic (exact) mass is 700 g/mol. The van der Waals surface area contributed by atoms with Crippen molar-refractivity contribution in [3.8, 4) is 23.3 Å². The Bertz CT molecular complexity index is 1920. The molecular weight excluding hydrogens is 671 g/mol. The molecule has 0 amide bonds. The zero-order valence-electron chi connectivity index (χ0n) is 25.8. The SMILES string of the molecule is CCOc1ccc[n+]([O-])c1N=Nc1c(O)n(C)c(=O)n(C)c1=O.CCOc1ccc[n+]([O-])c1N=Nc1c(O)n(C)c(=O)n(C)c1=O.[Ni]. The van der Waals surface area contributed by atoms with Crippen LogP contribution in [0.5, 0.6) is 23.3 Å².